The minimum Gasteiger partial charge on any atom is -0.463 e. The van der Waals surface area contributed by atoms with E-state index in [1.807, 2.05) is 18.3 Å². The average Bonchev–Trinajstić information content (AvgIpc) is 0.819. The second kappa shape index (κ2) is 57.3. The summed E-state index contributed by atoms with van der Waals surface area (Å²) >= 11 is 0. The van der Waals surface area contributed by atoms with Gasteiger partial charge in [0, 0.05) is 100 Å². The molecule has 10 aliphatic rings. The van der Waals surface area contributed by atoms with Crippen LogP contribution in [0.4, 0.5) is 0 Å². The number of hydrogen-bond acceptors (Lipinski definition) is 17. The predicted octanol–water partition coefficient (Wildman–Crippen LogP) is 22.8. The van der Waals surface area contributed by atoms with Gasteiger partial charge in [0.2, 0.25) is 0 Å². The number of aromatic nitrogens is 1. The van der Waals surface area contributed by atoms with E-state index < -0.39 is 0 Å². The summed E-state index contributed by atoms with van der Waals surface area (Å²) in [5.74, 6) is 2.73. The van der Waals surface area contributed by atoms with Crippen molar-refractivity contribution in [3.63, 3.8) is 0 Å². The zero-order valence-corrected chi connectivity index (χ0v) is 87.3. The Bertz CT molecular complexity index is 2670. The van der Waals surface area contributed by atoms with E-state index in [2.05, 4.69) is 320 Å². The Balaban J connectivity index is 0.000000671. The molecule has 17 heteroatoms. The van der Waals surface area contributed by atoms with Crippen molar-refractivity contribution < 1.29 is 28.7 Å². The SMILES string of the molecule is CC(C)(C)N1CCCC(=O)C1.CC(C)(C)N1CCCC(=O)C1.CC(C)(C)N1CCCC(=O)C1.CC(C)(C)N1CCCC(=O)C1.CC(C)(C)N1CCCCC1.CC(C)(C)N1CCCCC1.CC(C)(C)N1CCCCC1.CC(C)(C)N1CCCCC1.CC(C)(C)N1CCCCC1.CC(C)(C)N1CCOC(=O)C1.CC(C)c1ccccc1.CC(C)c1cccnc1. The van der Waals surface area contributed by atoms with E-state index in [1.165, 1.54) is 173 Å². The van der Waals surface area contributed by atoms with Gasteiger partial charge in [-0.2, -0.15) is 0 Å². The van der Waals surface area contributed by atoms with Crippen LogP contribution in [0.3, 0.4) is 0 Å². The number of cyclic esters (lactones) is 1. The first-order valence-corrected chi connectivity index (χ1v) is 49.3. The van der Waals surface area contributed by atoms with Crippen LogP contribution in [-0.4, -0.2) is 276 Å². The number of Topliss-reactive ketones (excluding diaryl/α,β-unsaturated/α-hetero) is 4. The lowest BCUT2D eigenvalue weighted by atomic mass is 10.0. The fraction of sp³-hybridized carbons (Fsp3) is 0.849. The summed E-state index contributed by atoms with van der Waals surface area (Å²) in [6, 6.07) is 14.6. The topological polar surface area (TPSA) is 140 Å². The van der Waals surface area contributed by atoms with Gasteiger partial charge in [-0.05, 0) is 418 Å². The molecule has 0 saturated carbocycles. The quantitative estimate of drug-likeness (QED) is 0.263. The van der Waals surface area contributed by atoms with Crippen LogP contribution in [0, 0.1) is 0 Å². The van der Waals surface area contributed by atoms with Crippen LogP contribution in [0.25, 0.3) is 0 Å². The van der Waals surface area contributed by atoms with Gasteiger partial charge in [0.25, 0.3) is 0 Å². The number of pyridine rings is 1. The number of ether oxygens (including phenoxy) is 1. The molecule has 0 N–H and O–H groups in total. The number of morpholine rings is 1. The summed E-state index contributed by atoms with van der Waals surface area (Å²) in [4.78, 5) is 83.2. The third-order valence-corrected chi connectivity index (χ3v) is 25.0. The summed E-state index contributed by atoms with van der Waals surface area (Å²) in [6.07, 6.45) is 32.2. The maximum absolute atomic E-state index is 11.1. The molecule has 10 aliphatic heterocycles. The second-order valence-corrected chi connectivity index (χ2v) is 46.9. The maximum Gasteiger partial charge on any atom is 0.320 e. The molecular weight excluding hydrogens is 1520 g/mol. The number of nitrogens with zero attached hydrogens (tertiary/aromatic N) is 11. The first-order chi connectivity index (χ1) is 56.6. The average molecular weight is 1730 g/mol. The van der Waals surface area contributed by atoms with Crippen molar-refractivity contribution in [3.05, 3.63) is 66.0 Å². The number of likely N-dealkylation sites (tertiary alicyclic amines) is 9. The third kappa shape index (κ3) is 55.0. The fourth-order valence-electron chi connectivity index (χ4n) is 16.1. The molecule has 716 valence electrons. The Hall–Kier alpha value is -3.88. The molecule has 0 atom stereocenters. The number of ketones is 4. The number of piperidine rings is 9. The molecule has 0 aliphatic carbocycles. The number of benzene rings is 1. The predicted molar refractivity (Wildman–Crippen MR) is 529 cm³/mol. The van der Waals surface area contributed by atoms with E-state index >= 15 is 0 Å². The zero-order chi connectivity index (χ0) is 93.9. The van der Waals surface area contributed by atoms with Crippen molar-refractivity contribution in [2.24, 2.45) is 0 Å². The molecule has 0 unspecified atom stereocenters. The normalized spacial score (nSPS) is 20.8. The first kappa shape index (κ1) is 117. The molecule has 2 aromatic rings. The number of hydrogen-bond donors (Lipinski definition) is 0. The summed E-state index contributed by atoms with van der Waals surface area (Å²) < 4.78 is 4.82. The highest BCUT2D eigenvalue weighted by molar-refractivity contribution is 5.82. The maximum atomic E-state index is 11.1. The van der Waals surface area contributed by atoms with Crippen molar-refractivity contribution >= 4 is 29.1 Å². The van der Waals surface area contributed by atoms with Crippen LogP contribution >= 0.6 is 0 Å². The van der Waals surface area contributed by atoms with Gasteiger partial charge in [-0.1, -0.05) is 96.2 Å². The van der Waals surface area contributed by atoms with Crippen molar-refractivity contribution in [1.82, 2.24) is 54.0 Å². The standard InChI is InChI=1S/4C9H17NO.5C9H19N.C9H12.C8H15NO2.C8H11N/c4*1-9(2,3)10-6-4-5-8(11)7-10;5*1-9(2,3)10-7-5-4-6-8-10;1-8(2)9-6-4-3-5-7-9;1-8(2,3)9-4-5-11-7(10)6-9;1-7(2)8-4-3-5-9-6-8/h4*4-7H2,1-3H3;5*4-8H2,1-3H3;3-8H,1-2H3;4-6H2,1-3H3;3-7H,1-2H3. The van der Waals surface area contributed by atoms with E-state index in [-0.39, 0.29) is 33.7 Å². The molecular formula is C106H201N11O6. The van der Waals surface area contributed by atoms with Crippen molar-refractivity contribution in [3.8, 4) is 0 Å². The lowest BCUT2D eigenvalue weighted by Crippen LogP contribution is -2.49. The minimum absolute atomic E-state index is 0.0828. The number of carbonyl (C=O) groups is 5. The van der Waals surface area contributed by atoms with Crippen LogP contribution in [0.1, 0.15) is 406 Å². The molecule has 11 heterocycles. The number of esters is 1. The lowest BCUT2D eigenvalue weighted by molar-refractivity contribution is -0.153. The molecule has 1 aromatic carbocycles. The Kier molecular flexibility index (Phi) is 54.6. The monoisotopic (exact) mass is 1720 g/mol. The highest BCUT2D eigenvalue weighted by atomic mass is 16.5. The second-order valence-electron chi connectivity index (χ2n) is 46.9. The van der Waals surface area contributed by atoms with Crippen LogP contribution in [-0.2, 0) is 28.7 Å². The molecule has 10 saturated heterocycles. The molecule has 123 heavy (non-hydrogen) atoms. The molecule has 10 fully saturated rings. The van der Waals surface area contributed by atoms with E-state index in [4.69, 9.17) is 4.74 Å². The Morgan fingerprint density at radius 2 is 0.447 bits per heavy atom. The molecule has 1 aromatic heterocycles. The third-order valence-electron chi connectivity index (χ3n) is 25.0. The Labute approximate surface area is 761 Å². The molecule has 0 amide bonds. The van der Waals surface area contributed by atoms with Gasteiger partial charge in [-0.3, -0.25) is 78.0 Å². The Morgan fingerprint density at radius 3 is 0.585 bits per heavy atom. The largest absolute Gasteiger partial charge is 0.463 e. The van der Waals surface area contributed by atoms with Gasteiger partial charge in [-0.25, -0.2) is 0 Å². The molecule has 0 bridgehead atoms. The van der Waals surface area contributed by atoms with Gasteiger partial charge in [0.1, 0.15) is 29.7 Å². The van der Waals surface area contributed by atoms with E-state index in [9.17, 15) is 24.0 Å². The van der Waals surface area contributed by atoms with Crippen LogP contribution < -0.4 is 0 Å². The van der Waals surface area contributed by atoms with Crippen molar-refractivity contribution in [2.45, 2.75) is 450 Å². The molecule has 17 nitrogen and oxygen atoms in total. The molecule has 0 radical (unpaired) electrons. The zero-order valence-electron chi connectivity index (χ0n) is 87.3. The van der Waals surface area contributed by atoms with Gasteiger partial charge < -0.3 is 4.74 Å². The highest BCUT2D eigenvalue weighted by Gasteiger charge is 2.33. The Morgan fingerprint density at radius 1 is 0.244 bits per heavy atom. The van der Waals surface area contributed by atoms with E-state index in [0.29, 0.717) is 102 Å². The van der Waals surface area contributed by atoms with E-state index in [1.54, 1.807) is 6.20 Å². The van der Waals surface area contributed by atoms with Crippen molar-refractivity contribution in [1.29, 1.82) is 0 Å². The molecule has 12 rings (SSSR count). The highest BCUT2D eigenvalue weighted by Crippen LogP contribution is 2.27. The first-order valence-electron chi connectivity index (χ1n) is 49.3. The minimum atomic E-state index is -0.105. The summed E-state index contributed by atoms with van der Waals surface area (Å²) in [6.45, 7) is 97.4. The number of carbonyl (C=O) groups excluding carboxylic acids is 5. The van der Waals surface area contributed by atoms with Crippen molar-refractivity contribution in [2.75, 3.05) is 138 Å². The van der Waals surface area contributed by atoms with Gasteiger partial charge in [0.15, 0.2) is 0 Å². The summed E-state index contributed by atoms with van der Waals surface area (Å²) in [5, 5.41) is 0. The van der Waals surface area contributed by atoms with Crippen LogP contribution in [0.2, 0.25) is 0 Å². The van der Waals surface area contributed by atoms with Crippen LogP contribution in [0.5, 0.6) is 0 Å². The summed E-state index contributed by atoms with van der Waals surface area (Å²) in [7, 11) is 0. The van der Waals surface area contributed by atoms with Gasteiger partial charge in [0.05, 0.1) is 32.7 Å². The van der Waals surface area contributed by atoms with Gasteiger partial charge in [-0.15, -0.1) is 0 Å². The lowest BCUT2D eigenvalue weighted by Gasteiger charge is -2.38. The summed E-state index contributed by atoms with van der Waals surface area (Å²) in [5.41, 5.74) is 5.47. The fourth-order valence-corrected chi connectivity index (χ4v) is 16.1. The van der Waals surface area contributed by atoms with E-state index in [0.717, 1.165) is 84.1 Å². The van der Waals surface area contributed by atoms with Crippen LogP contribution in [0.15, 0.2) is 54.9 Å². The molecule has 0 spiro atoms. The smallest absolute Gasteiger partial charge is 0.320 e. The van der Waals surface area contributed by atoms with Gasteiger partial charge >= 0.3 is 5.97 Å². The number of rotatable bonds is 2.